The minimum absolute atomic E-state index is 0.161. The first-order chi connectivity index (χ1) is 7.63. The van der Waals surface area contributed by atoms with E-state index < -0.39 is 0 Å². The summed E-state index contributed by atoms with van der Waals surface area (Å²) in [5.41, 5.74) is 0. The van der Waals surface area contributed by atoms with Crippen molar-refractivity contribution < 1.29 is 14.3 Å². The third-order valence-corrected chi connectivity index (χ3v) is 1.87. The van der Waals surface area contributed by atoms with Gasteiger partial charge in [0.1, 0.15) is 0 Å². The Morgan fingerprint density at radius 1 is 1.44 bits per heavy atom. The molecule has 1 unspecified atom stereocenters. The fraction of sp³-hybridized carbons (Fsp3) is 0.800. The first-order valence-electron chi connectivity index (χ1n) is 5.17. The number of guanidine groups is 1. The molecule has 0 radical (unpaired) electrons. The molecule has 16 heavy (non-hydrogen) atoms. The molecular weight excluding hydrogens is 210 g/mol. The molecule has 2 N–H and O–H groups in total. The second kappa shape index (κ2) is 8.96. The van der Waals surface area contributed by atoms with E-state index in [0.29, 0.717) is 25.5 Å². The summed E-state index contributed by atoms with van der Waals surface area (Å²) in [6.07, 6.45) is 0.315. The molecule has 0 amide bonds. The van der Waals surface area contributed by atoms with E-state index in [0.717, 1.165) is 0 Å². The molecule has 0 bridgehead atoms. The monoisotopic (exact) mass is 231 g/mol. The fourth-order valence-electron chi connectivity index (χ4n) is 1.10. The van der Waals surface area contributed by atoms with Crippen molar-refractivity contribution in [2.75, 3.05) is 34.4 Å². The zero-order chi connectivity index (χ0) is 12.4. The number of methoxy groups -OCH3 is 2. The number of ether oxygens (including phenoxy) is 2. The van der Waals surface area contributed by atoms with Gasteiger partial charge in [0.15, 0.2) is 5.96 Å². The Balaban J connectivity index is 3.80. The van der Waals surface area contributed by atoms with E-state index in [1.54, 1.807) is 14.2 Å². The minimum atomic E-state index is -0.243. The number of hydrogen-bond donors (Lipinski definition) is 2. The lowest BCUT2D eigenvalue weighted by molar-refractivity contribution is -0.140. The number of carbonyl (C=O) groups excluding carboxylic acids is 1. The minimum Gasteiger partial charge on any atom is -0.469 e. The van der Waals surface area contributed by atoms with E-state index in [4.69, 9.17) is 4.74 Å². The van der Waals surface area contributed by atoms with Crippen LogP contribution in [-0.2, 0) is 14.3 Å². The lowest BCUT2D eigenvalue weighted by Crippen LogP contribution is -2.44. The van der Waals surface area contributed by atoms with Gasteiger partial charge in [-0.2, -0.15) is 0 Å². The Kier molecular flexibility index (Phi) is 8.24. The number of aliphatic imine (C=N–C) groups is 1. The average Bonchev–Trinajstić information content (AvgIpc) is 2.27. The Morgan fingerprint density at radius 2 is 2.12 bits per heavy atom. The van der Waals surface area contributed by atoms with Crippen LogP contribution in [0.1, 0.15) is 13.3 Å². The van der Waals surface area contributed by atoms with Gasteiger partial charge in [-0.15, -0.1) is 0 Å². The molecule has 1 atom stereocenters. The highest BCUT2D eigenvalue weighted by atomic mass is 16.5. The predicted molar refractivity (Wildman–Crippen MR) is 62.5 cm³/mol. The summed E-state index contributed by atoms with van der Waals surface area (Å²) < 4.78 is 9.52. The highest BCUT2D eigenvalue weighted by Crippen LogP contribution is 1.84. The quantitative estimate of drug-likeness (QED) is 0.375. The van der Waals surface area contributed by atoms with Crippen molar-refractivity contribution in [1.29, 1.82) is 0 Å². The molecule has 0 spiro atoms. The van der Waals surface area contributed by atoms with Crippen molar-refractivity contribution in [3.8, 4) is 0 Å². The highest BCUT2D eigenvalue weighted by molar-refractivity contribution is 5.80. The van der Waals surface area contributed by atoms with Crippen molar-refractivity contribution in [2.24, 2.45) is 4.99 Å². The lowest BCUT2D eigenvalue weighted by atomic mass is 10.3. The molecule has 0 saturated heterocycles. The van der Waals surface area contributed by atoms with Crippen molar-refractivity contribution >= 4 is 11.9 Å². The smallest absolute Gasteiger partial charge is 0.307 e. The van der Waals surface area contributed by atoms with Gasteiger partial charge in [-0.1, -0.05) is 0 Å². The van der Waals surface area contributed by atoms with Crippen molar-refractivity contribution in [3.05, 3.63) is 0 Å². The zero-order valence-corrected chi connectivity index (χ0v) is 10.4. The predicted octanol–water partition coefficient (Wildman–Crippen LogP) is -0.251. The normalized spacial score (nSPS) is 13.1. The van der Waals surface area contributed by atoms with Gasteiger partial charge in [0.05, 0.1) is 20.1 Å². The molecule has 94 valence electrons. The van der Waals surface area contributed by atoms with Gasteiger partial charge in [-0.25, -0.2) is 0 Å². The number of rotatable bonds is 6. The van der Waals surface area contributed by atoms with Crippen LogP contribution in [0.4, 0.5) is 0 Å². The van der Waals surface area contributed by atoms with E-state index in [9.17, 15) is 4.79 Å². The maximum atomic E-state index is 10.9. The summed E-state index contributed by atoms with van der Waals surface area (Å²) in [6.45, 7) is 3.07. The maximum Gasteiger partial charge on any atom is 0.307 e. The van der Waals surface area contributed by atoms with Crippen LogP contribution in [0.3, 0.4) is 0 Å². The van der Waals surface area contributed by atoms with Crippen LogP contribution < -0.4 is 10.6 Å². The highest BCUT2D eigenvalue weighted by Gasteiger charge is 2.05. The Morgan fingerprint density at radius 3 is 2.62 bits per heavy atom. The molecule has 0 rings (SSSR count). The molecule has 0 aliphatic rings. The van der Waals surface area contributed by atoms with Crippen LogP contribution >= 0.6 is 0 Å². The van der Waals surface area contributed by atoms with Gasteiger partial charge in [0.2, 0.25) is 0 Å². The van der Waals surface area contributed by atoms with Crippen LogP contribution in [-0.4, -0.2) is 52.4 Å². The van der Waals surface area contributed by atoms with Crippen molar-refractivity contribution in [2.45, 2.75) is 19.4 Å². The van der Waals surface area contributed by atoms with Gasteiger partial charge >= 0.3 is 5.97 Å². The van der Waals surface area contributed by atoms with Gasteiger partial charge in [-0.05, 0) is 6.92 Å². The summed E-state index contributed by atoms with van der Waals surface area (Å²) in [7, 11) is 4.69. The fourth-order valence-corrected chi connectivity index (χ4v) is 1.10. The second-order valence-electron chi connectivity index (χ2n) is 3.33. The molecule has 0 saturated carbocycles. The van der Waals surface area contributed by atoms with Gasteiger partial charge in [0, 0.05) is 26.7 Å². The Bertz CT molecular complexity index is 231. The van der Waals surface area contributed by atoms with Crippen LogP contribution in [0.25, 0.3) is 0 Å². The summed E-state index contributed by atoms with van der Waals surface area (Å²) in [6, 6.07) is 0.161. The van der Waals surface area contributed by atoms with Crippen molar-refractivity contribution in [1.82, 2.24) is 10.6 Å². The SMILES string of the molecule is CN=C(NCCC(=O)OC)NC(C)COC. The summed E-state index contributed by atoms with van der Waals surface area (Å²) in [5.74, 6) is 0.404. The molecule has 0 heterocycles. The summed E-state index contributed by atoms with van der Waals surface area (Å²) >= 11 is 0. The van der Waals surface area contributed by atoms with E-state index in [2.05, 4.69) is 20.4 Å². The van der Waals surface area contributed by atoms with Gasteiger partial charge in [-0.3, -0.25) is 9.79 Å². The molecule has 0 aromatic rings. The molecular formula is C10H21N3O3. The van der Waals surface area contributed by atoms with Crippen LogP contribution in [0, 0.1) is 0 Å². The molecule has 6 nitrogen and oxygen atoms in total. The number of nitrogens with zero attached hydrogens (tertiary/aromatic N) is 1. The lowest BCUT2D eigenvalue weighted by Gasteiger charge is -2.16. The number of hydrogen-bond acceptors (Lipinski definition) is 4. The Hall–Kier alpha value is -1.30. The molecule has 0 aliphatic carbocycles. The van der Waals surface area contributed by atoms with E-state index in [1.165, 1.54) is 7.11 Å². The molecule has 0 aromatic carbocycles. The first-order valence-corrected chi connectivity index (χ1v) is 5.17. The van der Waals surface area contributed by atoms with Crippen LogP contribution in [0.5, 0.6) is 0 Å². The van der Waals surface area contributed by atoms with E-state index in [-0.39, 0.29) is 12.0 Å². The van der Waals surface area contributed by atoms with Gasteiger partial charge < -0.3 is 20.1 Å². The molecule has 6 heteroatoms. The average molecular weight is 231 g/mol. The number of esters is 1. The largest absolute Gasteiger partial charge is 0.469 e. The topological polar surface area (TPSA) is 72.0 Å². The summed E-state index contributed by atoms with van der Waals surface area (Å²) in [5, 5.41) is 6.13. The Labute approximate surface area is 96.4 Å². The third-order valence-electron chi connectivity index (χ3n) is 1.87. The van der Waals surface area contributed by atoms with E-state index >= 15 is 0 Å². The standard InChI is InChI=1S/C10H21N3O3/c1-8(7-15-3)13-10(11-2)12-6-5-9(14)16-4/h8H,5-7H2,1-4H3,(H2,11,12,13). The molecule has 0 aromatic heterocycles. The maximum absolute atomic E-state index is 10.9. The first kappa shape index (κ1) is 14.7. The zero-order valence-electron chi connectivity index (χ0n) is 10.4. The van der Waals surface area contributed by atoms with Crippen molar-refractivity contribution in [3.63, 3.8) is 0 Å². The molecule has 0 aliphatic heterocycles. The number of carbonyl (C=O) groups is 1. The molecule has 0 fully saturated rings. The van der Waals surface area contributed by atoms with Crippen LogP contribution in [0.15, 0.2) is 4.99 Å². The van der Waals surface area contributed by atoms with Crippen LogP contribution in [0.2, 0.25) is 0 Å². The van der Waals surface area contributed by atoms with E-state index in [1.807, 2.05) is 6.92 Å². The third kappa shape index (κ3) is 7.05. The van der Waals surface area contributed by atoms with Gasteiger partial charge in [0.25, 0.3) is 0 Å². The summed E-state index contributed by atoms with van der Waals surface area (Å²) in [4.78, 5) is 14.9. The number of nitrogens with one attached hydrogen (secondary N) is 2. The second-order valence-corrected chi connectivity index (χ2v) is 3.33.